The van der Waals surface area contributed by atoms with Crippen LogP contribution in [-0.2, 0) is 14.4 Å². The Bertz CT molecular complexity index is 1020. The van der Waals surface area contributed by atoms with Crippen molar-refractivity contribution in [3.05, 3.63) is 54.0 Å². The zero-order valence-electron chi connectivity index (χ0n) is 20.8. The molecule has 0 unspecified atom stereocenters. The summed E-state index contributed by atoms with van der Waals surface area (Å²) >= 11 is 0. The van der Waals surface area contributed by atoms with E-state index in [0.717, 1.165) is 57.5 Å². The Morgan fingerprint density at radius 2 is 1.64 bits per heavy atom. The van der Waals surface area contributed by atoms with Crippen molar-refractivity contribution in [1.29, 1.82) is 0 Å². The third-order valence-electron chi connectivity index (χ3n) is 6.28. The molecule has 3 aliphatic rings. The summed E-state index contributed by atoms with van der Waals surface area (Å²) in [6, 6.07) is 8.15. The molecule has 3 amide bonds. The SMILES string of the molecule is C=CC(=O)N1CCC(c2ccc(NC3=C(C(N)=O)NNC(N4CCCCC4)=N3)cc2)CC1.CC(N)=O. The van der Waals surface area contributed by atoms with E-state index in [1.54, 1.807) is 0 Å². The predicted molar refractivity (Wildman–Crippen MR) is 139 cm³/mol. The number of hydrazine groups is 1. The number of guanidine groups is 1. The molecule has 4 rings (SSSR count). The number of primary amides is 2. The van der Waals surface area contributed by atoms with Gasteiger partial charge in [0, 0.05) is 38.8 Å². The van der Waals surface area contributed by atoms with Gasteiger partial charge in [0.25, 0.3) is 5.91 Å². The number of piperidine rings is 2. The molecule has 11 nitrogen and oxygen atoms in total. The number of rotatable bonds is 5. The predicted octanol–water partition coefficient (Wildman–Crippen LogP) is 1.09. The highest BCUT2D eigenvalue weighted by atomic mass is 16.2. The van der Waals surface area contributed by atoms with Gasteiger partial charge in [0.1, 0.15) is 0 Å². The molecule has 0 saturated carbocycles. The number of nitrogens with one attached hydrogen (secondary N) is 3. The number of benzene rings is 1. The maximum absolute atomic E-state index is 11.9. The van der Waals surface area contributed by atoms with Crippen LogP contribution in [0.4, 0.5) is 5.69 Å². The largest absolute Gasteiger partial charge is 0.370 e. The Kier molecular flexibility index (Phi) is 9.32. The number of anilines is 1. The van der Waals surface area contributed by atoms with E-state index in [1.807, 2.05) is 17.0 Å². The average molecular weight is 497 g/mol. The van der Waals surface area contributed by atoms with Crippen LogP contribution in [0.3, 0.4) is 0 Å². The van der Waals surface area contributed by atoms with Crippen LogP contribution in [0.2, 0.25) is 0 Å². The molecule has 0 spiro atoms. The summed E-state index contributed by atoms with van der Waals surface area (Å²) in [7, 11) is 0. The van der Waals surface area contributed by atoms with E-state index in [9.17, 15) is 14.4 Å². The minimum absolute atomic E-state index is 0.00147. The molecule has 0 bridgehead atoms. The molecule has 2 fully saturated rings. The highest BCUT2D eigenvalue weighted by molar-refractivity contribution is 5.95. The number of carbonyl (C=O) groups excluding carboxylic acids is 3. The first-order chi connectivity index (χ1) is 17.3. The van der Waals surface area contributed by atoms with Crippen LogP contribution < -0.4 is 27.6 Å². The normalized spacial score (nSPS) is 18.1. The standard InChI is InChI=1S/C23H31N7O2.C2H5NO/c1-2-19(31)29-14-10-17(11-15-29)16-6-8-18(9-7-16)25-22-20(21(24)32)27-28-23(26-22)30-12-4-3-5-13-30;1-2(3)4/h2,6-9,17,25,27H,1,3-5,10-15H2,(H2,24,32)(H,26,28);1H3,(H2,3,4). The Labute approximate surface area is 211 Å². The highest BCUT2D eigenvalue weighted by Gasteiger charge is 2.24. The van der Waals surface area contributed by atoms with E-state index in [4.69, 9.17) is 5.73 Å². The molecule has 194 valence electrons. The third kappa shape index (κ3) is 7.24. The number of likely N-dealkylation sites (tertiary alicyclic amines) is 2. The number of amides is 3. The van der Waals surface area contributed by atoms with Gasteiger partial charge in [-0.05, 0) is 61.8 Å². The number of hydrogen-bond acceptors (Lipinski definition) is 8. The first-order valence-corrected chi connectivity index (χ1v) is 12.2. The van der Waals surface area contributed by atoms with E-state index in [1.165, 1.54) is 25.0 Å². The highest BCUT2D eigenvalue weighted by Crippen LogP contribution is 2.29. The van der Waals surface area contributed by atoms with Gasteiger partial charge in [-0.2, -0.15) is 4.99 Å². The molecular formula is C25H36N8O3. The molecule has 0 radical (unpaired) electrons. The molecule has 3 aliphatic heterocycles. The van der Waals surface area contributed by atoms with Gasteiger partial charge in [0.2, 0.25) is 17.8 Å². The summed E-state index contributed by atoms with van der Waals surface area (Å²) in [5.74, 6) is 0.596. The van der Waals surface area contributed by atoms with Gasteiger partial charge in [-0.1, -0.05) is 18.7 Å². The Morgan fingerprint density at radius 1 is 1.03 bits per heavy atom. The van der Waals surface area contributed by atoms with Crippen molar-refractivity contribution in [2.45, 2.75) is 44.9 Å². The lowest BCUT2D eigenvalue weighted by Gasteiger charge is -2.33. The molecule has 0 atom stereocenters. The van der Waals surface area contributed by atoms with Gasteiger partial charge in [0.05, 0.1) is 0 Å². The molecular weight excluding hydrogens is 460 g/mol. The summed E-state index contributed by atoms with van der Waals surface area (Å²) in [6.07, 6.45) is 6.71. The average Bonchev–Trinajstić information content (AvgIpc) is 2.89. The van der Waals surface area contributed by atoms with Crippen LogP contribution in [0.1, 0.15) is 50.5 Å². The fourth-order valence-electron chi connectivity index (χ4n) is 4.43. The second kappa shape index (κ2) is 12.6. The van der Waals surface area contributed by atoms with Crippen molar-refractivity contribution >= 4 is 29.4 Å². The molecule has 36 heavy (non-hydrogen) atoms. The summed E-state index contributed by atoms with van der Waals surface area (Å²) < 4.78 is 0. The third-order valence-corrected chi connectivity index (χ3v) is 6.28. The monoisotopic (exact) mass is 496 g/mol. The first kappa shape index (κ1) is 26.6. The molecule has 11 heteroatoms. The molecule has 3 heterocycles. The maximum atomic E-state index is 11.9. The maximum Gasteiger partial charge on any atom is 0.270 e. The number of nitrogens with two attached hydrogens (primary N) is 2. The van der Waals surface area contributed by atoms with Gasteiger partial charge in [-0.3, -0.25) is 25.2 Å². The minimum atomic E-state index is -0.584. The van der Waals surface area contributed by atoms with Crippen molar-refractivity contribution in [3.63, 3.8) is 0 Å². The molecule has 0 aromatic heterocycles. The topological polar surface area (TPSA) is 158 Å². The summed E-state index contributed by atoms with van der Waals surface area (Å²) in [4.78, 5) is 41.6. The van der Waals surface area contributed by atoms with E-state index in [-0.39, 0.29) is 17.5 Å². The zero-order valence-corrected chi connectivity index (χ0v) is 20.8. The molecule has 2 saturated heterocycles. The molecule has 7 N–H and O–H groups in total. The van der Waals surface area contributed by atoms with E-state index in [2.05, 4.69) is 50.5 Å². The Balaban J connectivity index is 0.000000840. The van der Waals surface area contributed by atoms with Crippen molar-refractivity contribution < 1.29 is 14.4 Å². The van der Waals surface area contributed by atoms with Gasteiger partial charge >= 0.3 is 0 Å². The second-order valence-electron chi connectivity index (χ2n) is 8.98. The van der Waals surface area contributed by atoms with Gasteiger partial charge in [0.15, 0.2) is 11.5 Å². The quantitative estimate of drug-likeness (QED) is 0.382. The second-order valence-corrected chi connectivity index (χ2v) is 8.98. The van der Waals surface area contributed by atoms with Crippen molar-refractivity contribution in [3.8, 4) is 0 Å². The smallest absolute Gasteiger partial charge is 0.270 e. The van der Waals surface area contributed by atoms with Crippen LogP contribution in [0.5, 0.6) is 0 Å². The van der Waals surface area contributed by atoms with Crippen LogP contribution in [0.15, 0.2) is 53.4 Å². The number of aliphatic imine (C=N–C) groups is 1. The zero-order chi connectivity index (χ0) is 26.1. The summed E-state index contributed by atoms with van der Waals surface area (Å²) in [5, 5.41) is 3.24. The van der Waals surface area contributed by atoms with Gasteiger partial charge in [-0.15, -0.1) is 0 Å². The van der Waals surface area contributed by atoms with Crippen LogP contribution in [0, 0.1) is 0 Å². The van der Waals surface area contributed by atoms with Gasteiger partial charge in [-0.25, -0.2) is 0 Å². The lowest BCUT2D eigenvalue weighted by molar-refractivity contribution is -0.127. The minimum Gasteiger partial charge on any atom is -0.370 e. The van der Waals surface area contributed by atoms with E-state index < -0.39 is 5.91 Å². The first-order valence-electron chi connectivity index (χ1n) is 12.2. The van der Waals surface area contributed by atoms with Crippen LogP contribution in [0.25, 0.3) is 0 Å². The fourth-order valence-corrected chi connectivity index (χ4v) is 4.43. The number of carbonyl (C=O) groups is 3. The number of hydrogen-bond donors (Lipinski definition) is 5. The summed E-state index contributed by atoms with van der Waals surface area (Å²) in [5.41, 5.74) is 18.2. The Hall–Kier alpha value is -4.02. The van der Waals surface area contributed by atoms with Crippen molar-refractivity contribution in [2.24, 2.45) is 16.5 Å². The van der Waals surface area contributed by atoms with Crippen molar-refractivity contribution in [1.82, 2.24) is 20.7 Å². The molecule has 0 aliphatic carbocycles. The number of nitrogens with zero attached hydrogens (tertiary/aromatic N) is 3. The fraction of sp³-hybridized carbons (Fsp3) is 0.440. The lowest BCUT2D eigenvalue weighted by Crippen LogP contribution is -2.53. The summed E-state index contributed by atoms with van der Waals surface area (Å²) in [6.45, 7) is 8.22. The van der Waals surface area contributed by atoms with E-state index in [0.29, 0.717) is 17.7 Å². The van der Waals surface area contributed by atoms with Crippen molar-refractivity contribution in [2.75, 3.05) is 31.5 Å². The van der Waals surface area contributed by atoms with Crippen LogP contribution in [-0.4, -0.2) is 59.7 Å². The molecule has 1 aromatic carbocycles. The van der Waals surface area contributed by atoms with E-state index >= 15 is 0 Å². The van der Waals surface area contributed by atoms with Crippen LogP contribution >= 0.6 is 0 Å². The molecule has 1 aromatic rings. The lowest BCUT2D eigenvalue weighted by atomic mass is 9.89. The van der Waals surface area contributed by atoms with Gasteiger partial charge < -0.3 is 26.6 Å². The Morgan fingerprint density at radius 3 is 2.19 bits per heavy atom.